The quantitative estimate of drug-likeness (QED) is 0.676. The molecule has 4 heterocycles. The third kappa shape index (κ3) is 3.39. The van der Waals surface area contributed by atoms with Crippen LogP contribution in [-0.4, -0.2) is 33.8 Å². The van der Waals surface area contributed by atoms with Gasteiger partial charge in [-0.1, -0.05) is 17.7 Å². The number of pyridine rings is 1. The minimum Gasteiger partial charge on any atom is -0.357 e. The predicted octanol–water partition coefficient (Wildman–Crippen LogP) is 3.98. The maximum Gasteiger partial charge on any atom is 0.230 e. The van der Waals surface area contributed by atoms with Crippen molar-refractivity contribution in [1.29, 1.82) is 0 Å². The minimum atomic E-state index is -0.0216. The topological polar surface area (TPSA) is 66.3 Å². The first kappa shape index (κ1) is 18.9. The Labute approximate surface area is 180 Å². The number of aromatic nitrogens is 3. The summed E-state index contributed by atoms with van der Waals surface area (Å²) in [5.74, 6) is 1.99. The maximum atomic E-state index is 13.6. The van der Waals surface area contributed by atoms with Gasteiger partial charge in [0.2, 0.25) is 5.91 Å². The number of hydrogen-bond donors (Lipinski definition) is 1. The Balaban J connectivity index is 1.40. The summed E-state index contributed by atoms with van der Waals surface area (Å²) in [5, 5.41) is 8.40. The van der Waals surface area contributed by atoms with E-state index in [-0.39, 0.29) is 11.8 Å². The van der Waals surface area contributed by atoms with Gasteiger partial charge in [0.25, 0.3) is 0 Å². The molecule has 8 heteroatoms. The smallest absolute Gasteiger partial charge is 0.230 e. The number of aryl methyl sites for hydroxylation is 1. The molecule has 7 nitrogen and oxygen atoms in total. The van der Waals surface area contributed by atoms with E-state index in [2.05, 4.69) is 20.3 Å². The molecule has 1 saturated heterocycles. The van der Waals surface area contributed by atoms with Crippen LogP contribution in [0.15, 0.2) is 48.8 Å². The van der Waals surface area contributed by atoms with Crippen molar-refractivity contribution in [3.63, 3.8) is 0 Å². The van der Waals surface area contributed by atoms with E-state index in [1.54, 1.807) is 4.68 Å². The molecule has 1 amide bonds. The summed E-state index contributed by atoms with van der Waals surface area (Å²) < 4.78 is 1.79. The third-order valence-corrected chi connectivity index (χ3v) is 6.16. The first-order valence-electron chi connectivity index (χ1n) is 10.1. The summed E-state index contributed by atoms with van der Waals surface area (Å²) in [4.78, 5) is 22.2. The van der Waals surface area contributed by atoms with E-state index < -0.39 is 0 Å². The molecular weight excluding hydrogens is 400 g/mol. The normalized spacial score (nSPS) is 16.5. The number of nitrogens with one attached hydrogen (secondary N) is 1. The summed E-state index contributed by atoms with van der Waals surface area (Å²) in [7, 11) is 1.89. The molecule has 2 aromatic heterocycles. The van der Waals surface area contributed by atoms with Crippen molar-refractivity contribution in [3.8, 4) is 0 Å². The number of benzene rings is 1. The standard InChI is InChI=1S/C22H23ClN6O/c1-27-21-16(13-25-27)14-29(19-6-5-17(23)12-18(19)26-21)22(30)15-7-10-28(11-8-15)20-4-2-3-9-24-20/h2-6,9,12-13,15,26H,7-8,10-11,14H2,1H3. The largest absolute Gasteiger partial charge is 0.357 e. The van der Waals surface area contributed by atoms with Crippen molar-refractivity contribution >= 4 is 40.5 Å². The minimum absolute atomic E-state index is 0.0216. The van der Waals surface area contributed by atoms with Gasteiger partial charge >= 0.3 is 0 Å². The van der Waals surface area contributed by atoms with Crippen LogP contribution in [0, 0.1) is 5.92 Å². The summed E-state index contributed by atoms with van der Waals surface area (Å²) in [5.41, 5.74) is 2.67. The third-order valence-electron chi connectivity index (χ3n) is 5.93. The Morgan fingerprint density at radius 2 is 2.03 bits per heavy atom. The highest BCUT2D eigenvalue weighted by Gasteiger charge is 2.33. The number of piperidine rings is 1. The molecule has 0 aliphatic carbocycles. The van der Waals surface area contributed by atoms with Gasteiger partial charge in [0.1, 0.15) is 11.6 Å². The van der Waals surface area contributed by atoms with Crippen LogP contribution >= 0.6 is 11.6 Å². The molecule has 1 fully saturated rings. The molecule has 2 aliphatic rings. The van der Waals surface area contributed by atoms with Crippen LogP contribution in [0.4, 0.5) is 23.0 Å². The van der Waals surface area contributed by atoms with E-state index in [0.29, 0.717) is 11.6 Å². The molecule has 1 N–H and O–H groups in total. The number of nitrogens with zero attached hydrogens (tertiary/aromatic N) is 5. The molecule has 154 valence electrons. The molecule has 0 saturated carbocycles. The molecule has 0 atom stereocenters. The molecule has 0 bridgehead atoms. The lowest BCUT2D eigenvalue weighted by Crippen LogP contribution is -2.42. The Morgan fingerprint density at radius 3 is 2.80 bits per heavy atom. The molecule has 0 radical (unpaired) electrons. The lowest BCUT2D eigenvalue weighted by molar-refractivity contribution is -0.123. The van der Waals surface area contributed by atoms with Crippen LogP contribution in [0.5, 0.6) is 0 Å². The van der Waals surface area contributed by atoms with E-state index in [9.17, 15) is 4.79 Å². The SMILES string of the molecule is Cn1ncc2c1Nc1cc(Cl)ccc1N(C(=O)C1CCN(c3ccccn3)CC1)C2. The second-order valence-corrected chi connectivity index (χ2v) is 8.24. The zero-order chi connectivity index (χ0) is 20.7. The van der Waals surface area contributed by atoms with Crippen LogP contribution in [0.3, 0.4) is 0 Å². The van der Waals surface area contributed by atoms with Crippen molar-refractivity contribution in [3.05, 3.63) is 59.4 Å². The Bertz CT molecular complexity index is 1070. The second-order valence-electron chi connectivity index (χ2n) is 7.80. The van der Waals surface area contributed by atoms with Crippen molar-refractivity contribution < 1.29 is 4.79 Å². The first-order valence-corrected chi connectivity index (χ1v) is 10.5. The van der Waals surface area contributed by atoms with Crippen LogP contribution in [-0.2, 0) is 18.4 Å². The number of rotatable bonds is 2. The number of carbonyl (C=O) groups excluding carboxylic acids is 1. The monoisotopic (exact) mass is 422 g/mol. The first-order chi connectivity index (χ1) is 14.6. The fourth-order valence-corrected chi connectivity index (χ4v) is 4.47. The lowest BCUT2D eigenvalue weighted by Gasteiger charge is -2.34. The van der Waals surface area contributed by atoms with Crippen LogP contribution < -0.4 is 15.1 Å². The van der Waals surface area contributed by atoms with Gasteiger partial charge in [-0.15, -0.1) is 0 Å². The van der Waals surface area contributed by atoms with Gasteiger partial charge in [-0.25, -0.2) is 4.98 Å². The number of halogens is 1. The lowest BCUT2D eigenvalue weighted by atomic mass is 9.94. The maximum absolute atomic E-state index is 13.6. The van der Waals surface area contributed by atoms with Gasteiger partial charge in [-0.2, -0.15) is 5.10 Å². The van der Waals surface area contributed by atoms with E-state index in [1.807, 2.05) is 60.7 Å². The van der Waals surface area contributed by atoms with Gasteiger partial charge in [-0.05, 0) is 43.2 Å². The zero-order valence-corrected chi connectivity index (χ0v) is 17.5. The highest BCUT2D eigenvalue weighted by molar-refractivity contribution is 6.31. The molecule has 0 unspecified atom stereocenters. The second kappa shape index (κ2) is 7.65. The van der Waals surface area contributed by atoms with E-state index >= 15 is 0 Å². The predicted molar refractivity (Wildman–Crippen MR) is 118 cm³/mol. The van der Waals surface area contributed by atoms with Gasteiger partial charge in [-0.3, -0.25) is 9.48 Å². The van der Waals surface area contributed by atoms with Crippen molar-refractivity contribution in [2.24, 2.45) is 13.0 Å². The van der Waals surface area contributed by atoms with Crippen molar-refractivity contribution in [1.82, 2.24) is 14.8 Å². The van der Waals surface area contributed by atoms with Gasteiger partial charge in [0, 0.05) is 42.8 Å². The summed E-state index contributed by atoms with van der Waals surface area (Å²) in [6.07, 6.45) is 5.24. The average Bonchev–Trinajstić information content (AvgIpc) is 3.02. The van der Waals surface area contributed by atoms with Gasteiger partial charge in [0.15, 0.2) is 0 Å². The van der Waals surface area contributed by atoms with E-state index in [4.69, 9.17) is 11.6 Å². The van der Waals surface area contributed by atoms with Crippen LogP contribution in [0.25, 0.3) is 0 Å². The number of amides is 1. The van der Waals surface area contributed by atoms with E-state index in [0.717, 1.165) is 54.5 Å². The van der Waals surface area contributed by atoms with Gasteiger partial charge in [0.05, 0.1) is 24.1 Å². The highest BCUT2D eigenvalue weighted by atomic mass is 35.5. The Morgan fingerprint density at radius 1 is 1.20 bits per heavy atom. The summed E-state index contributed by atoms with van der Waals surface area (Å²) in [6, 6.07) is 11.6. The molecule has 2 aliphatic heterocycles. The molecule has 3 aromatic rings. The molecule has 30 heavy (non-hydrogen) atoms. The zero-order valence-electron chi connectivity index (χ0n) is 16.8. The number of fused-ring (bicyclic) bond motifs is 2. The average molecular weight is 423 g/mol. The molecule has 1 aromatic carbocycles. The van der Waals surface area contributed by atoms with Crippen molar-refractivity contribution in [2.75, 3.05) is 28.2 Å². The number of hydrogen-bond acceptors (Lipinski definition) is 5. The summed E-state index contributed by atoms with van der Waals surface area (Å²) >= 11 is 6.24. The highest BCUT2D eigenvalue weighted by Crippen LogP contribution is 2.38. The Kier molecular flexibility index (Phi) is 4.83. The number of carbonyl (C=O) groups is 1. The van der Waals surface area contributed by atoms with Crippen LogP contribution in [0.1, 0.15) is 18.4 Å². The molecule has 0 spiro atoms. The van der Waals surface area contributed by atoms with E-state index in [1.165, 1.54) is 0 Å². The Hall–Kier alpha value is -3.06. The summed E-state index contributed by atoms with van der Waals surface area (Å²) in [6.45, 7) is 2.14. The number of anilines is 4. The molecule has 5 rings (SSSR count). The fourth-order valence-electron chi connectivity index (χ4n) is 4.30. The van der Waals surface area contributed by atoms with Crippen LogP contribution in [0.2, 0.25) is 5.02 Å². The van der Waals surface area contributed by atoms with Gasteiger partial charge < -0.3 is 15.1 Å². The van der Waals surface area contributed by atoms with Crippen molar-refractivity contribution in [2.45, 2.75) is 19.4 Å². The molecular formula is C22H23ClN6O. The fraction of sp³-hybridized carbons (Fsp3) is 0.318.